The van der Waals surface area contributed by atoms with Crippen molar-refractivity contribution in [2.24, 2.45) is 5.92 Å². The lowest BCUT2D eigenvalue weighted by Gasteiger charge is -2.16. The molecular weight excluding hydrogens is 276 g/mol. The van der Waals surface area contributed by atoms with Gasteiger partial charge in [-0.2, -0.15) is 0 Å². The predicted octanol–water partition coefficient (Wildman–Crippen LogP) is 2.29. The van der Waals surface area contributed by atoms with Crippen LogP contribution in [0.4, 0.5) is 0 Å². The van der Waals surface area contributed by atoms with Gasteiger partial charge in [-0.1, -0.05) is 25.5 Å². The Morgan fingerprint density at radius 3 is 2.80 bits per heavy atom. The molecule has 0 bridgehead atoms. The lowest BCUT2D eigenvalue weighted by atomic mass is 10.1. The van der Waals surface area contributed by atoms with Crippen LogP contribution >= 0.6 is 12.4 Å². The first-order valence-corrected chi connectivity index (χ1v) is 7.35. The maximum atomic E-state index is 11.7. The smallest absolute Gasteiger partial charge is 0.222 e. The van der Waals surface area contributed by atoms with Crippen LogP contribution in [0.1, 0.15) is 40.0 Å². The molecule has 1 atom stereocenters. The largest absolute Gasteiger partial charge is 0.378 e. The third kappa shape index (κ3) is 9.34. The van der Waals surface area contributed by atoms with E-state index >= 15 is 0 Å². The molecule has 0 radical (unpaired) electrons. The van der Waals surface area contributed by atoms with Crippen LogP contribution in [0.15, 0.2) is 11.6 Å². The number of hydrogen-bond acceptors (Lipinski definition) is 3. The van der Waals surface area contributed by atoms with Gasteiger partial charge in [-0.05, 0) is 32.2 Å². The van der Waals surface area contributed by atoms with Crippen LogP contribution in [0, 0.1) is 5.92 Å². The minimum atomic E-state index is 0. The molecule has 1 amide bonds. The number of hydrogen-bond donors (Lipinski definition) is 2. The molecule has 0 aliphatic carbocycles. The first-order valence-electron chi connectivity index (χ1n) is 7.35. The number of carbonyl (C=O) groups excluding carboxylic acids is 1. The van der Waals surface area contributed by atoms with Crippen LogP contribution in [0.5, 0.6) is 0 Å². The van der Waals surface area contributed by atoms with E-state index in [1.807, 2.05) is 0 Å². The lowest BCUT2D eigenvalue weighted by Crippen LogP contribution is -2.30. The van der Waals surface area contributed by atoms with E-state index < -0.39 is 0 Å². The van der Waals surface area contributed by atoms with E-state index in [0.29, 0.717) is 25.5 Å². The topological polar surface area (TPSA) is 50.4 Å². The molecule has 1 heterocycles. The van der Waals surface area contributed by atoms with Gasteiger partial charge in [0.25, 0.3) is 0 Å². The molecule has 1 aliphatic heterocycles. The SMILES string of the molecule is CC(C)CC(C)OCCC(=O)NCC1=CCNCC1.Cl. The van der Waals surface area contributed by atoms with Gasteiger partial charge in [0.15, 0.2) is 0 Å². The highest BCUT2D eigenvalue weighted by molar-refractivity contribution is 5.85. The summed E-state index contributed by atoms with van der Waals surface area (Å²) in [6, 6.07) is 0. The second-order valence-corrected chi connectivity index (χ2v) is 5.65. The first-order chi connectivity index (χ1) is 9.08. The molecule has 0 spiro atoms. The summed E-state index contributed by atoms with van der Waals surface area (Å²) in [5, 5.41) is 6.21. The molecule has 0 aromatic heterocycles. The Kier molecular flexibility index (Phi) is 10.8. The number of ether oxygens (including phenoxy) is 1. The summed E-state index contributed by atoms with van der Waals surface area (Å²) in [5.74, 6) is 0.715. The first kappa shape index (κ1) is 19.4. The summed E-state index contributed by atoms with van der Waals surface area (Å²) < 4.78 is 5.63. The molecule has 0 saturated heterocycles. The molecular formula is C15H29ClN2O2. The lowest BCUT2D eigenvalue weighted by molar-refractivity contribution is -0.122. The fourth-order valence-electron chi connectivity index (χ4n) is 2.22. The molecule has 5 heteroatoms. The zero-order valence-electron chi connectivity index (χ0n) is 12.9. The van der Waals surface area contributed by atoms with Gasteiger partial charge in [0.2, 0.25) is 5.91 Å². The van der Waals surface area contributed by atoms with E-state index in [1.54, 1.807) is 0 Å². The molecule has 20 heavy (non-hydrogen) atoms. The molecule has 4 nitrogen and oxygen atoms in total. The van der Waals surface area contributed by atoms with Crippen molar-refractivity contribution in [3.8, 4) is 0 Å². The van der Waals surface area contributed by atoms with Crippen molar-refractivity contribution in [2.45, 2.75) is 46.1 Å². The fourth-order valence-corrected chi connectivity index (χ4v) is 2.22. The van der Waals surface area contributed by atoms with Crippen molar-refractivity contribution in [2.75, 3.05) is 26.2 Å². The van der Waals surface area contributed by atoms with E-state index in [2.05, 4.69) is 37.5 Å². The monoisotopic (exact) mass is 304 g/mol. The van der Waals surface area contributed by atoms with Gasteiger partial charge in [0.1, 0.15) is 0 Å². The van der Waals surface area contributed by atoms with E-state index in [1.165, 1.54) is 5.57 Å². The fraction of sp³-hybridized carbons (Fsp3) is 0.800. The minimum Gasteiger partial charge on any atom is -0.378 e. The Labute approximate surface area is 129 Å². The maximum absolute atomic E-state index is 11.7. The van der Waals surface area contributed by atoms with Gasteiger partial charge in [0, 0.05) is 19.5 Å². The van der Waals surface area contributed by atoms with Gasteiger partial charge in [-0.3, -0.25) is 4.79 Å². The van der Waals surface area contributed by atoms with Crippen LogP contribution in [-0.2, 0) is 9.53 Å². The average molecular weight is 305 g/mol. The summed E-state index contributed by atoms with van der Waals surface area (Å²) in [4.78, 5) is 11.7. The maximum Gasteiger partial charge on any atom is 0.222 e. The Morgan fingerprint density at radius 2 is 2.20 bits per heavy atom. The van der Waals surface area contributed by atoms with Crippen LogP contribution in [0.25, 0.3) is 0 Å². The van der Waals surface area contributed by atoms with E-state index in [4.69, 9.17) is 4.74 Å². The van der Waals surface area contributed by atoms with Crippen LogP contribution in [0.3, 0.4) is 0 Å². The summed E-state index contributed by atoms with van der Waals surface area (Å²) >= 11 is 0. The Bertz CT molecular complexity index is 306. The summed E-state index contributed by atoms with van der Waals surface area (Å²) in [6.07, 6.45) is 4.92. The zero-order chi connectivity index (χ0) is 14.1. The molecule has 2 N–H and O–H groups in total. The summed E-state index contributed by atoms with van der Waals surface area (Å²) in [7, 11) is 0. The van der Waals surface area contributed by atoms with Crippen molar-refractivity contribution in [3.05, 3.63) is 11.6 Å². The second kappa shape index (κ2) is 11.1. The van der Waals surface area contributed by atoms with Crippen LogP contribution < -0.4 is 10.6 Å². The Balaban J connectivity index is 0.00000361. The van der Waals surface area contributed by atoms with E-state index in [-0.39, 0.29) is 24.4 Å². The van der Waals surface area contributed by atoms with Gasteiger partial charge < -0.3 is 15.4 Å². The molecule has 0 aromatic carbocycles. The molecule has 0 saturated carbocycles. The molecule has 1 aliphatic rings. The highest BCUT2D eigenvalue weighted by Crippen LogP contribution is 2.07. The van der Waals surface area contributed by atoms with Crippen molar-refractivity contribution in [1.82, 2.24) is 10.6 Å². The van der Waals surface area contributed by atoms with Gasteiger partial charge >= 0.3 is 0 Å². The Hall–Kier alpha value is -0.580. The summed E-state index contributed by atoms with van der Waals surface area (Å²) in [5.41, 5.74) is 1.32. The van der Waals surface area contributed by atoms with E-state index in [9.17, 15) is 4.79 Å². The van der Waals surface area contributed by atoms with Crippen molar-refractivity contribution < 1.29 is 9.53 Å². The minimum absolute atomic E-state index is 0. The van der Waals surface area contributed by atoms with Crippen molar-refractivity contribution >= 4 is 18.3 Å². The summed E-state index contributed by atoms with van der Waals surface area (Å²) in [6.45, 7) is 9.55. The average Bonchev–Trinajstić information content (AvgIpc) is 2.36. The molecule has 118 valence electrons. The zero-order valence-corrected chi connectivity index (χ0v) is 13.7. The molecule has 0 aromatic rings. The predicted molar refractivity (Wildman–Crippen MR) is 85.3 cm³/mol. The molecule has 0 fully saturated rings. The van der Waals surface area contributed by atoms with E-state index in [0.717, 1.165) is 25.9 Å². The number of rotatable bonds is 8. The van der Waals surface area contributed by atoms with Gasteiger partial charge in [-0.25, -0.2) is 0 Å². The number of nitrogens with one attached hydrogen (secondary N) is 2. The molecule has 1 rings (SSSR count). The van der Waals surface area contributed by atoms with Crippen molar-refractivity contribution in [3.63, 3.8) is 0 Å². The van der Waals surface area contributed by atoms with Crippen LogP contribution in [-0.4, -0.2) is 38.3 Å². The van der Waals surface area contributed by atoms with Gasteiger partial charge in [0.05, 0.1) is 12.7 Å². The normalized spacial score (nSPS) is 16.3. The van der Waals surface area contributed by atoms with Crippen molar-refractivity contribution in [1.29, 1.82) is 0 Å². The highest BCUT2D eigenvalue weighted by Gasteiger charge is 2.08. The Morgan fingerprint density at radius 1 is 1.45 bits per heavy atom. The quantitative estimate of drug-likeness (QED) is 0.677. The molecule has 1 unspecified atom stereocenters. The van der Waals surface area contributed by atoms with Gasteiger partial charge in [-0.15, -0.1) is 12.4 Å². The second-order valence-electron chi connectivity index (χ2n) is 5.65. The highest BCUT2D eigenvalue weighted by atomic mass is 35.5. The number of halogens is 1. The van der Waals surface area contributed by atoms with Crippen LogP contribution in [0.2, 0.25) is 0 Å². The standard InChI is InChI=1S/C15H28N2O2.ClH/c1-12(2)10-13(3)19-9-6-15(18)17-11-14-4-7-16-8-5-14;/h4,12-13,16H,5-11H2,1-3H3,(H,17,18);1H. The third-order valence-electron chi connectivity index (χ3n) is 3.21. The number of amides is 1. The third-order valence-corrected chi connectivity index (χ3v) is 3.21. The number of carbonyl (C=O) groups is 1.